The van der Waals surface area contributed by atoms with E-state index in [4.69, 9.17) is 0 Å². The van der Waals surface area contributed by atoms with Gasteiger partial charge in [-0.2, -0.15) is 0 Å². The Balaban J connectivity index is 2.01. The lowest BCUT2D eigenvalue weighted by Gasteiger charge is -2.43. The summed E-state index contributed by atoms with van der Waals surface area (Å²) in [6.07, 6.45) is 0. The second-order valence-electron chi connectivity index (χ2n) is 6.22. The summed E-state index contributed by atoms with van der Waals surface area (Å²) in [5, 5.41) is 3.53. The number of rotatable bonds is 3. The number of hydrogen-bond donors (Lipinski definition) is 1. The summed E-state index contributed by atoms with van der Waals surface area (Å²) in [5.74, 6) is -0.183. The molecule has 22 heavy (non-hydrogen) atoms. The van der Waals surface area contributed by atoms with E-state index in [0.29, 0.717) is 12.1 Å². The lowest BCUT2D eigenvalue weighted by atomic mass is 9.94. The molecule has 1 fully saturated rings. The molecule has 3 unspecified atom stereocenters. The van der Waals surface area contributed by atoms with Gasteiger partial charge in [-0.05, 0) is 37.1 Å². The van der Waals surface area contributed by atoms with Gasteiger partial charge in [0.25, 0.3) is 0 Å². The zero-order valence-corrected chi connectivity index (χ0v) is 13.2. The molecule has 0 spiro atoms. The molecule has 2 nitrogen and oxygen atoms in total. The summed E-state index contributed by atoms with van der Waals surface area (Å²) in [4.78, 5) is 2.52. The first-order valence-electron chi connectivity index (χ1n) is 7.94. The summed E-state index contributed by atoms with van der Waals surface area (Å²) >= 11 is 0. The molecule has 1 aliphatic rings. The van der Waals surface area contributed by atoms with Gasteiger partial charge in [0.1, 0.15) is 5.82 Å². The van der Waals surface area contributed by atoms with Crippen LogP contribution in [0.25, 0.3) is 0 Å². The Labute approximate surface area is 132 Å². The Morgan fingerprint density at radius 2 is 1.64 bits per heavy atom. The van der Waals surface area contributed by atoms with E-state index in [9.17, 15) is 4.39 Å². The SMILES string of the molecule is CC1CN(C(c2ccccc2)c2ccc(F)cc2)C(C)CN1. The van der Waals surface area contributed by atoms with E-state index in [1.54, 1.807) is 12.1 Å². The van der Waals surface area contributed by atoms with Crippen molar-refractivity contribution in [1.82, 2.24) is 10.2 Å². The summed E-state index contributed by atoms with van der Waals surface area (Å²) in [5.41, 5.74) is 2.41. The molecule has 1 saturated heterocycles. The molecule has 2 aromatic rings. The van der Waals surface area contributed by atoms with E-state index in [1.165, 1.54) is 5.56 Å². The van der Waals surface area contributed by atoms with Crippen molar-refractivity contribution in [2.75, 3.05) is 13.1 Å². The highest BCUT2D eigenvalue weighted by molar-refractivity contribution is 5.32. The van der Waals surface area contributed by atoms with Crippen LogP contribution in [-0.2, 0) is 0 Å². The van der Waals surface area contributed by atoms with Crippen molar-refractivity contribution in [3.63, 3.8) is 0 Å². The molecular formula is C19H23FN2. The second-order valence-corrected chi connectivity index (χ2v) is 6.22. The number of benzene rings is 2. The van der Waals surface area contributed by atoms with Crippen LogP contribution >= 0.6 is 0 Å². The zero-order valence-electron chi connectivity index (χ0n) is 13.2. The number of halogens is 1. The van der Waals surface area contributed by atoms with Gasteiger partial charge in [0.05, 0.1) is 6.04 Å². The highest BCUT2D eigenvalue weighted by Gasteiger charge is 2.30. The minimum atomic E-state index is -0.183. The van der Waals surface area contributed by atoms with Crippen LogP contribution in [0.4, 0.5) is 4.39 Å². The molecular weight excluding hydrogens is 275 g/mol. The third-order valence-electron chi connectivity index (χ3n) is 4.45. The first-order valence-corrected chi connectivity index (χ1v) is 7.94. The van der Waals surface area contributed by atoms with Crippen molar-refractivity contribution in [2.24, 2.45) is 0 Å². The Bertz CT molecular complexity index is 597. The van der Waals surface area contributed by atoms with Crippen molar-refractivity contribution >= 4 is 0 Å². The molecule has 0 amide bonds. The van der Waals surface area contributed by atoms with Crippen LogP contribution < -0.4 is 5.32 Å². The van der Waals surface area contributed by atoms with Crippen LogP contribution in [0, 0.1) is 5.82 Å². The number of piperazine rings is 1. The van der Waals surface area contributed by atoms with Gasteiger partial charge in [-0.15, -0.1) is 0 Å². The smallest absolute Gasteiger partial charge is 0.123 e. The van der Waals surface area contributed by atoms with Gasteiger partial charge < -0.3 is 5.32 Å². The molecule has 1 N–H and O–H groups in total. The first-order chi connectivity index (χ1) is 10.6. The summed E-state index contributed by atoms with van der Waals surface area (Å²) < 4.78 is 13.3. The van der Waals surface area contributed by atoms with Crippen molar-refractivity contribution in [1.29, 1.82) is 0 Å². The molecule has 0 saturated carbocycles. The Kier molecular flexibility index (Phi) is 4.55. The third kappa shape index (κ3) is 3.21. The minimum absolute atomic E-state index is 0.168. The van der Waals surface area contributed by atoms with E-state index in [-0.39, 0.29) is 11.9 Å². The van der Waals surface area contributed by atoms with Crippen molar-refractivity contribution < 1.29 is 4.39 Å². The Morgan fingerprint density at radius 3 is 2.32 bits per heavy atom. The van der Waals surface area contributed by atoms with E-state index in [2.05, 4.69) is 48.3 Å². The predicted molar refractivity (Wildman–Crippen MR) is 88.3 cm³/mol. The molecule has 1 aliphatic heterocycles. The van der Waals surface area contributed by atoms with Crippen LogP contribution in [-0.4, -0.2) is 30.1 Å². The fourth-order valence-electron chi connectivity index (χ4n) is 3.27. The van der Waals surface area contributed by atoms with Crippen LogP contribution in [0.15, 0.2) is 54.6 Å². The number of nitrogens with one attached hydrogen (secondary N) is 1. The van der Waals surface area contributed by atoms with Gasteiger partial charge in [0.2, 0.25) is 0 Å². The zero-order chi connectivity index (χ0) is 15.5. The lowest BCUT2D eigenvalue weighted by Crippen LogP contribution is -2.55. The normalized spacial score (nSPS) is 24.1. The molecule has 0 bridgehead atoms. The molecule has 2 aromatic carbocycles. The van der Waals surface area contributed by atoms with Gasteiger partial charge in [-0.1, -0.05) is 42.5 Å². The molecule has 1 heterocycles. The number of hydrogen-bond acceptors (Lipinski definition) is 2. The van der Waals surface area contributed by atoms with Gasteiger partial charge in [0, 0.05) is 25.2 Å². The maximum atomic E-state index is 13.3. The Hall–Kier alpha value is -1.71. The fourth-order valence-corrected chi connectivity index (χ4v) is 3.27. The quantitative estimate of drug-likeness (QED) is 0.931. The van der Waals surface area contributed by atoms with E-state index < -0.39 is 0 Å². The first kappa shape index (κ1) is 15.2. The monoisotopic (exact) mass is 298 g/mol. The molecule has 0 radical (unpaired) electrons. The van der Waals surface area contributed by atoms with Gasteiger partial charge in [-0.25, -0.2) is 4.39 Å². The molecule has 0 aromatic heterocycles. The highest BCUT2D eigenvalue weighted by Crippen LogP contribution is 2.31. The van der Waals surface area contributed by atoms with E-state index in [1.807, 2.05) is 18.2 Å². The van der Waals surface area contributed by atoms with Crippen LogP contribution in [0.3, 0.4) is 0 Å². The van der Waals surface area contributed by atoms with Crippen molar-refractivity contribution in [3.8, 4) is 0 Å². The summed E-state index contributed by atoms with van der Waals surface area (Å²) in [6.45, 7) is 6.42. The van der Waals surface area contributed by atoms with Crippen LogP contribution in [0.5, 0.6) is 0 Å². The predicted octanol–water partition coefficient (Wildman–Crippen LogP) is 3.60. The highest BCUT2D eigenvalue weighted by atomic mass is 19.1. The molecule has 3 atom stereocenters. The average Bonchev–Trinajstić information content (AvgIpc) is 2.54. The summed E-state index contributed by atoms with van der Waals surface area (Å²) in [6, 6.07) is 18.5. The van der Waals surface area contributed by atoms with Gasteiger partial charge in [0.15, 0.2) is 0 Å². The van der Waals surface area contributed by atoms with Crippen molar-refractivity contribution in [3.05, 3.63) is 71.5 Å². The van der Waals surface area contributed by atoms with E-state index >= 15 is 0 Å². The van der Waals surface area contributed by atoms with Crippen LogP contribution in [0.1, 0.15) is 31.0 Å². The van der Waals surface area contributed by atoms with Crippen LogP contribution in [0.2, 0.25) is 0 Å². The van der Waals surface area contributed by atoms with Gasteiger partial charge in [-0.3, -0.25) is 4.90 Å². The Morgan fingerprint density at radius 1 is 1.00 bits per heavy atom. The average molecular weight is 298 g/mol. The molecule has 3 heteroatoms. The number of nitrogens with zero attached hydrogens (tertiary/aromatic N) is 1. The molecule has 3 rings (SSSR count). The van der Waals surface area contributed by atoms with Gasteiger partial charge >= 0.3 is 0 Å². The third-order valence-corrected chi connectivity index (χ3v) is 4.45. The second kappa shape index (κ2) is 6.59. The molecule has 0 aliphatic carbocycles. The van der Waals surface area contributed by atoms with E-state index in [0.717, 1.165) is 18.7 Å². The molecule has 116 valence electrons. The minimum Gasteiger partial charge on any atom is -0.311 e. The maximum Gasteiger partial charge on any atom is 0.123 e. The topological polar surface area (TPSA) is 15.3 Å². The van der Waals surface area contributed by atoms with Crippen molar-refractivity contribution in [2.45, 2.75) is 32.0 Å². The fraction of sp³-hybridized carbons (Fsp3) is 0.368. The summed E-state index contributed by atoms with van der Waals surface area (Å²) in [7, 11) is 0. The standard InChI is InChI=1S/C19H23FN2/c1-14-13-22(15(2)12-21-14)19(16-6-4-3-5-7-16)17-8-10-18(20)11-9-17/h3-11,14-15,19,21H,12-13H2,1-2H3. The maximum absolute atomic E-state index is 13.3. The lowest BCUT2D eigenvalue weighted by molar-refractivity contribution is 0.113. The largest absolute Gasteiger partial charge is 0.311 e.